The van der Waals surface area contributed by atoms with Crippen LogP contribution >= 0.6 is 0 Å². The molecule has 3 aromatic carbocycles. The summed E-state index contributed by atoms with van der Waals surface area (Å²) in [6.45, 7) is 5.59. The van der Waals surface area contributed by atoms with Gasteiger partial charge in [-0.2, -0.15) is 0 Å². The van der Waals surface area contributed by atoms with E-state index in [9.17, 15) is 19.2 Å². The van der Waals surface area contributed by atoms with Crippen molar-refractivity contribution in [1.29, 1.82) is 0 Å². The SMILES string of the molecule is COc1cc2ncn(Cc3ccccc3)c(=O)c2cc1OC1CCC(C(=O)N(CCNC(=O)OCc2ccccc2)C(=O)OC(C)(C)C)CC1. The lowest BCUT2D eigenvalue weighted by Gasteiger charge is -2.32. The van der Waals surface area contributed by atoms with Gasteiger partial charge in [-0.05, 0) is 63.6 Å². The molecular weight excluding hydrogens is 640 g/mol. The molecule has 264 valence electrons. The smallest absolute Gasteiger partial charge is 0.417 e. The molecule has 50 heavy (non-hydrogen) atoms. The van der Waals surface area contributed by atoms with Crippen LogP contribution in [0.3, 0.4) is 0 Å². The lowest BCUT2D eigenvalue weighted by atomic mass is 9.86. The number of nitrogens with zero attached hydrogens (tertiary/aromatic N) is 3. The largest absolute Gasteiger partial charge is 0.493 e. The standard InChI is InChI=1S/C38H44N4O8/c1-38(2,3)50-37(46)42(20-19-39-36(45)48-24-27-13-9-6-10-14-27)34(43)28-15-17-29(18-16-28)49-33-21-30-31(22-32(33)47-4)40-25-41(35(30)44)23-26-11-7-5-8-12-26/h5-14,21-22,25,28-29H,15-20,23-24H2,1-4H3,(H,39,45). The molecule has 3 amide bonds. The van der Waals surface area contributed by atoms with Gasteiger partial charge in [0, 0.05) is 25.1 Å². The number of rotatable bonds is 11. The van der Waals surface area contributed by atoms with E-state index in [0.717, 1.165) is 16.0 Å². The van der Waals surface area contributed by atoms with Crippen LogP contribution in [0, 0.1) is 5.92 Å². The molecule has 0 spiro atoms. The molecule has 4 aromatic rings. The number of ether oxygens (including phenoxy) is 4. The average Bonchev–Trinajstić information content (AvgIpc) is 3.10. The van der Waals surface area contributed by atoms with Crippen molar-refractivity contribution in [2.24, 2.45) is 5.92 Å². The van der Waals surface area contributed by atoms with E-state index in [1.165, 1.54) is 13.4 Å². The van der Waals surface area contributed by atoms with Crippen molar-refractivity contribution in [2.75, 3.05) is 20.2 Å². The first kappa shape index (κ1) is 35.9. The van der Waals surface area contributed by atoms with Gasteiger partial charge in [-0.3, -0.25) is 14.2 Å². The Morgan fingerprint density at radius 1 is 0.920 bits per heavy atom. The van der Waals surface area contributed by atoms with E-state index in [1.54, 1.807) is 37.5 Å². The predicted molar refractivity (Wildman–Crippen MR) is 187 cm³/mol. The van der Waals surface area contributed by atoms with Crippen LogP contribution in [0.15, 0.2) is 83.9 Å². The number of fused-ring (bicyclic) bond motifs is 1. The number of imide groups is 1. The minimum atomic E-state index is -0.817. The molecule has 0 radical (unpaired) electrons. The molecule has 0 unspecified atom stereocenters. The van der Waals surface area contributed by atoms with Crippen molar-refractivity contribution in [1.82, 2.24) is 19.8 Å². The van der Waals surface area contributed by atoms with Gasteiger partial charge in [0.2, 0.25) is 5.91 Å². The van der Waals surface area contributed by atoms with Crippen LogP contribution in [0.5, 0.6) is 11.5 Å². The zero-order valence-electron chi connectivity index (χ0n) is 28.9. The Balaban J connectivity index is 1.21. The number of methoxy groups -OCH3 is 1. The van der Waals surface area contributed by atoms with Crippen molar-refractivity contribution in [3.63, 3.8) is 0 Å². The Morgan fingerprint density at radius 3 is 2.22 bits per heavy atom. The minimum absolute atomic E-state index is 0.000723. The number of nitrogens with one attached hydrogen (secondary N) is 1. The first-order valence-corrected chi connectivity index (χ1v) is 16.8. The Kier molecular flexibility index (Phi) is 11.7. The molecular formula is C38H44N4O8. The molecule has 0 saturated heterocycles. The van der Waals surface area contributed by atoms with Gasteiger partial charge in [0.25, 0.3) is 5.56 Å². The number of hydrogen-bond acceptors (Lipinski definition) is 9. The molecule has 0 aliphatic heterocycles. The number of carbonyl (C=O) groups excluding carboxylic acids is 3. The molecule has 12 nitrogen and oxygen atoms in total. The van der Waals surface area contributed by atoms with Crippen LogP contribution in [-0.2, 0) is 27.4 Å². The molecule has 5 rings (SSSR count). The molecule has 1 saturated carbocycles. The Labute approximate surface area is 291 Å². The molecule has 0 atom stereocenters. The maximum atomic E-state index is 13.7. The van der Waals surface area contributed by atoms with E-state index in [1.807, 2.05) is 60.7 Å². The molecule has 1 aliphatic carbocycles. The molecule has 1 fully saturated rings. The quantitative estimate of drug-likeness (QED) is 0.199. The van der Waals surface area contributed by atoms with Gasteiger partial charge in [0.15, 0.2) is 11.5 Å². The van der Waals surface area contributed by atoms with Crippen molar-refractivity contribution in [3.05, 3.63) is 101 Å². The summed E-state index contributed by atoms with van der Waals surface area (Å²) in [5.74, 6) is 0.0619. The number of alkyl carbamates (subject to hydrolysis) is 1. The summed E-state index contributed by atoms with van der Waals surface area (Å²) in [5.41, 5.74) is 1.31. The van der Waals surface area contributed by atoms with Gasteiger partial charge in [-0.15, -0.1) is 0 Å². The molecule has 1 aliphatic rings. The maximum absolute atomic E-state index is 13.7. The third kappa shape index (κ3) is 9.61. The Bertz CT molecular complexity index is 1830. The summed E-state index contributed by atoms with van der Waals surface area (Å²) < 4.78 is 24.3. The summed E-state index contributed by atoms with van der Waals surface area (Å²) >= 11 is 0. The fourth-order valence-corrected chi connectivity index (χ4v) is 5.79. The van der Waals surface area contributed by atoms with Crippen molar-refractivity contribution in [2.45, 2.75) is 71.3 Å². The molecule has 1 aromatic heterocycles. The lowest BCUT2D eigenvalue weighted by molar-refractivity contribution is -0.136. The number of benzene rings is 3. The summed E-state index contributed by atoms with van der Waals surface area (Å²) in [5, 5.41) is 3.02. The van der Waals surface area contributed by atoms with Crippen molar-refractivity contribution >= 4 is 29.0 Å². The highest BCUT2D eigenvalue weighted by molar-refractivity contribution is 5.93. The number of hydrogen-bond donors (Lipinski definition) is 1. The zero-order chi connectivity index (χ0) is 35.7. The van der Waals surface area contributed by atoms with E-state index in [-0.39, 0.29) is 37.3 Å². The average molecular weight is 685 g/mol. The first-order valence-electron chi connectivity index (χ1n) is 16.8. The van der Waals surface area contributed by atoms with Crippen LogP contribution in [0.4, 0.5) is 9.59 Å². The van der Waals surface area contributed by atoms with Crippen LogP contribution in [0.2, 0.25) is 0 Å². The van der Waals surface area contributed by atoms with E-state index >= 15 is 0 Å². The lowest BCUT2D eigenvalue weighted by Crippen LogP contribution is -2.47. The van der Waals surface area contributed by atoms with Gasteiger partial charge in [-0.25, -0.2) is 19.5 Å². The predicted octanol–water partition coefficient (Wildman–Crippen LogP) is 6.08. The van der Waals surface area contributed by atoms with E-state index < -0.39 is 23.7 Å². The third-order valence-electron chi connectivity index (χ3n) is 8.32. The van der Waals surface area contributed by atoms with Gasteiger partial charge < -0.3 is 24.3 Å². The number of amides is 3. The number of aromatic nitrogens is 2. The summed E-state index contributed by atoms with van der Waals surface area (Å²) in [6.07, 6.45) is 1.87. The molecule has 0 bridgehead atoms. The topological polar surface area (TPSA) is 138 Å². The van der Waals surface area contributed by atoms with Crippen molar-refractivity contribution in [3.8, 4) is 11.5 Å². The van der Waals surface area contributed by atoms with Crippen LogP contribution in [0.1, 0.15) is 57.6 Å². The fourth-order valence-electron chi connectivity index (χ4n) is 5.79. The zero-order valence-corrected chi connectivity index (χ0v) is 28.9. The summed E-state index contributed by atoms with van der Waals surface area (Å²) in [7, 11) is 1.53. The van der Waals surface area contributed by atoms with E-state index in [2.05, 4.69) is 10.3 Å². The van der Waals surface area contributed by atoms with Gasteiger partial charge in [0.1, 0.15) is 12.2 Å². The monoisotopic (exact) mass is 684 g/mol. The van der Waals surface area contributed by atoms with E-state index in [0.29, 0.717) is 54.6 Å². The van der Waals surface area contributed by atoms with Gasteiger partial charge >= 0.3 is 12.2 Å². The van der Waals surface area contributed by atoms with Gasteiger partial charge in [0.05, 0.1) is 37.0 Å². The minimum Gasteiger partial charge on any atom is -0.493 e. The summed E-state index contributed by atoms with van der Waals surface area (Å²) in [4.78, 5) is 58.1. The maximum Gasteiger partial charge on any atom is 0.417 e. The van der Waals surface area contributed by atoms with Crippen LogP contribution in [-0.4, -0.2) is 64.4 Å². The Morgan fingerprint density at radius 2 is 1.58 bits per heavy atom. The first-order chi connectivity index (χ1) is 24.0. The second-order valence-corrected chi connectivity index (χ2v) is 13.2. The summed E-state index contributed by atoms with van der Waals surface area (Å²) in [6, 6.07) is 22.3. The van der Waals surface area contributed by atoms with Crippen LogP contribution in [0.25, 0.3) is 10.9 Å². The second-order valence-electron chi connectivity index (χ2n) is 13.2. The fraction of sp³-hybridized carbons (Fsp3) is 0.395. The van der Waals surface area contributed by atoms with Crippen molar-refractivity contribution < 1.29 is 33.3 Å². The van der Waals surface area contributed by atoms with Crippen LogP contribution < -0.4 is 20.3 Å². The molecule has 1 heterocycles. The van der Waals surface area contributed by atoms with Gasteiger partial charge in [-0.1, -0.05) is 60.7 Å². The second kappa shape index (κ2) is 16.3. The molecule has 12 heteroatoms. The highest BCUT2D eigenvalue weighted by Crippen LogP contribution is 2.35. The highest BCUT2D eigenvalue weighted by Gasteiger charge is 2.35. The Hall–Kier alpha value is -5.39. The van der Waals surface area contributed by atoms with E-state index in [4.69, 9.17) is 18.9 Å². The highest BCUT2D eigenvalue weighted by atomic mass is 16.6. The molecule has 1 N–H and O–H groups in total. The normalized spacial score (nSPS) is 15.9. The third-order valence-corrected chi connectivity index (χ3v) is 8.32. The number of carbonyl (C=O) groups is 3.